The molecule has 3 saturated heterocycles. The third kappa shape index (κ3) is 5.74. The van der Waals surface area contributed by atoms with Crippen molar-refractivity contribution in [2.45, 2.75) is 58.3 Å². The standard InChI is InChI=1S/C29H43N9O2/c1-29(2,3)37-13-11-35(12-14-37)20-23-32-25-26(36-15-18-39-19-16-36)33-28(31-22-9-5-4-8-21(22)30)34-27(25)38(23)24-10-6-7-17-40-24/h4-5,8-9,24H,6-7,10-20,30H2,1-3H3,(H,31,33,34). The van der Waals surface area contributed by atoms with Gasteiger partial charge in [0.2, 0.25) is 5.95 Å². The number of ether oxygens (including phenoxy) is 2. The van der Waals surface area contributed by atoms with Gasteiger partial charge in [-0.05, 0) is 52.2 Å². The number of nitrogens with zero attached hydrogens (tertiary/aromatic N) is 7. The minimum atomic E-state index is -0.0910. The fourth-order valence-corrected chi connectivity index (χ4v) is 5.91. The predicted molar refractivity (Wildman–Crippen MR) is 158 cm³/mol. The van der Waals surface area contributed by atoms with Gasteiger partial charge in [-0.2, -0.15) is 9.97 Å². The zero-order valence-electron chi connectivity index (χ0n) is 24.1. The molecule has 3 aromatic rings. The Kier molecular flexibility index (Phi) is 7.80. The van der Waals surface area contributed by atoms with E-state index in [0.717, 1.165) is 100 Å². The number of morpholine rings is 1. The highest BCUT2D eigenvalue weighted by molar-refractivity contribution is 5.86. The molecule has 3 N–H and O–H groups in total. The van der Waals surface area contributed by atoms with Crippen LogP contribution in [0.15, 0.2) is 24.3 Å². The Morgan fingerprint density at radius 2 is 1.73 bits per heavy atom. The van der Waals surface area contributed by atoms with Gasteiger partial charge < -0.3 is 25.4 Å². The summed E-state index contributed by atoms with van der Waals surface area (Å²) < 4.78 is 14.3. The summed E-state index contributed by atoms with van der Waals surface area (Å²) in [4.78, 5) is 22.6. The Hall–Kier alpha value is -2.99. The number of anilines is 4. The molecule has 0 spiro atoms. The third-order valence-corrected chi connectivity index (χ3v) is 8.24. The number of nitrogens with two attached hydrogens (primary N) is 1. The molecule has 1 atom stereocenters. The lowest BCUT2D eigenvalue weighted by atomic mass is 10.1. The zero-order valence-corrected chi connectivity index (χ0v) is 24.1. The van der Waals surface area contributed by atoms with Crippen molar-refractivity contribution >= 4 is 34.3 Å². The lowest BCUT2D eigenvalue weighted by Crippen LogP contribution is -2.53. The van der Waals surface area contributed by atoms with Crippen molar-refractivity contribution in [3.63, 3.8) is 0 Å². The number of hydrogen-bond donors (Lipinski definition) is 2. The minimum Gasteiger partial charge on any atom is -0.397 e. The lowest BCUT2D eigenvalue weighted by Gasteiger charge is -2.42. The van der Waals surface area contributed by atoms with Crippen LogP contribution in [0.5, 0.6) is 0 Å². The average molecular weight is 550 g/mol. The maximum absolute atomic E-state index is 6.35. The summed E-state index contributed by atoms with van der Waals surface area (Å²) in [6.45, 7) is 15.4. The maximum atomic E-state index is 6.35. The second-order valence-electron chi connectivity index (χ2n) is 12.0. The van der Waals surface area contributed by atoms with Crippen LogP contribution in [0, 0.1) is 0 Å². The van der Waals surface area contributed by atoms with Crippen LogP contribution in [0.2, 0.25) is 0 Å². The van der Waals surface area contributed by atoms with E-state index in [1.807, 2.05) is 24.3 Å². The van der Waals surface area contributed by atoms with E-state index in [4.69, 9.17) is 30.2 Å². The Morgan fingerprint density at radius 1 is 0.950 bits per heavy atom. The van der Waals surface area contributed by atoms with E-state index < -0.39 is 0 Å². The number of hydrogen-bond acceptors (Lipinski definition) is 10. The molecule has 0 bridgehead atoms. The molecule has 40 heavy (non-hydrogen) atoms. The van der Waals surface area contributed by atoms with Gasteiger partial charge in [-0.15, -0.1) is 0 Å². The second-order valence-corrected chi connectivity index (χ2v) is 12.0. The molecular weight excluding hydrogens is 506 g/mol. The van der Waals surface area contributed by atoms with Crippen LogP contribution >= 0.6 is 0 Å². The molecule has 0 amide bonds. The summed E-state index contributed by atoms with van der Waals surface area (Å²) in [5, 5.41) is 3.38. The molecule has 0 saturated carbocycles. The van der Waals surface area contributed by atoms with Gasteiger partial charge in [-0.1, -0.05) is 12.1 Å². The van der Waals surface area contributed by atoms with E-state index in [9.17, 15) is 0 Å². The van der Waals surface area contributed by atoms with Crippen molar-refractivity contribution < 1.29 is 9.47 Å². The van der Waals surface area contributed by atoms with Crippen LogP contribution in [-0.4, -0.2) is 93.9 Å². The van der Waals surface area contributed by atoms with Gasteiger partial charge in [0.05, 0.1) is 31.1 Å². The fourth-order valence-electron chi connectivity index (χ4n) is 5.91. The highest BCUT2D eigenvalue weighted by Gasteiger charge is 2.31. The average Bonchev–Trinajstić information content (AvgIpc) is 3.32. The molecule has 11 heteroatoms. The van der Waals surface area contributed by atoms with Crippen LogP contribution in [0.1, 0.15) is 52.1 Å². The van der Waals surface area contributed by atoms with Gasteiger partial charge in [-0.25, -0.2) is 4.98 Å². The van der Waals surface area contributed by atoms with E-state index in [-0.39, 0.29) is 11.8 Å². The van der Waals surface area contributed by atoms with Crippen LogP contribution < -0.4 is 16.0 Å². The molecule has 5 heterocycles. The molecule has 11 nitrogen and oxygen atoms in total. The summed E-state index contributed by atoms with van der Waals surface area (Å²) in [6.07, 6.45) is 3.07. The fraction of sp³-hybridized carbons (Fsp3) is 0.621. The van der Waals surface area contributed by atoms with Gasteiger partial charge in [-0.3, -0.25) is 14.4 Å². The molecule has 0 radical (unpaired) electrons. The van der Waals surface area contributed by atoms with Crippen LogP contribution in [0.25, 0.3) is 11.2 Å². The van der Waals surface area contributed by atoms with E-state index in [0.29, 0.717) is 24.8 Å². The molecule has 2 aromatic heterocycles. The number of nitrogens with one attached hydrogen (secondary N) is 1. The number of nitrogen functional groups attached to an aromatic ring is 1. The summed E-state index contributed by atoms with van der Waals surface area (Å²) in [5.74, 6) is 2.33. The number of imidazole rings is 1. The van der Waals surface area contributed by atoms with Crippen molar-refractivity contribution in [1.82, 2.24) is 29.3 Å². The molecule has 6 rings (SSSR count). The summed E-state index contributed by atoms with van der Waals surface area (Å²) in [5.41, 5.74) is 9.52. The Bertz CT molecular complexity index is 1300. The first-order chi connectivity index (χ1) is 19.4. The van der Waals surface area contributed by atoms with Gasteiger partial charge in [0, 0.05) is 51.4 Å². The largest absolute Gasteiger partial charge is 0.397 e. The molecular formula is C29H43N9O2. The number of piperazine rings is 1. The number of aromatic nitrogens is 4. The molecule has 216 valence electrons. The van der Waals surface area contributed by atoms with Gasteiger partial charge in [0.15, 0.2) is 17.0 Å². The predicted octanol–water partition coefficient (Wildman–Crippen LogP) is 3.60. The van der Waals surface area contributed by atoms with Crippen LogP contribution in [0.3, 0.4) is 0 Å². The number of rotatable bonds is 6. The van der Waals surface area contributed by atoms with Crippen molar-refractivity contribution in [2.75, 3.05) is 75.0 Å². The second kappa shape index (κ2) is 11.5. The summed E-state index contributed by atoms with van der Waals surface area (Å²) in [6, 6.07) is 7.70. The Labute approximate surface area is 236 Å². The lowest BCUT2D eigenvalue weighted by molar-refractivity contribution is -0.0329. The smallest absolute Gasteiger partial charge is 0.231 e. The summed E-state index contributed by atoms with van der Waals surface area (Å²) in [7, 11) is 0. The molecule has 0 aliphatic carbocycles. The van der Waals surface area contributed by atoms with E-state index >= 15 is 0 Å². The maximum Gasteiger partial charge on any atom is 0.231 e. The number of benzene rings is 1. The van der Waals surface area contributed by atoms with Crippen molar-refractivity contribution in [1.29, 1.82) is 0 Å². The van der Waals surface area contributed by atoms with Crippen molar-refractivity contribution in [3.8, 4) is 0 Å². The van der Waals surface area contributed by atoms with Crippen molar-refractivity contribution in [2.24, 2.45) is 0 Å². The minimum absolute atomic E-state index is 0.0910. The van der Waals surface area contributed by atoms with Gasteiger partial charge in [0.1, 0.15) is 12.1 Å². The highest BCUT2D eigenvalue weighted by Crippen LogP contribution is 2.34. The first-order valence-electron chi connectivity index (χ1n) is 14.7. The van der Waals surface area contributed by atoms with Crippen LogP contribution in [0.4, 0.5) is 23.1 Å². The molecule has 3 aliphatic rings. The normalized spacial score (nSPS) is 21.7. The monoisotopic (exact) mass is 549 g/mol. The van der Waals surface area contributed by atoms with E-state index in [2.05, 4.69) is 45.4 Å². The highest BCUT2D eigenvalue weighted by atomic mass is 16.5. The third-order valence-electron chi connectivity index (χ3n) is 8.24. The Balaban J connectivity index is 1.41. The summed E-state index contributed by atoms with van der Waals surface area (Å²) >= 11 is 0. The molecule has 3 aliphatic heterocycles. The Morgan fingerprint density at radius 3 is 2.42 bits per heavy atom. The SMILES string of the molecule is CC(C)(C)N1CCN(Cc2nc3c(N4CCOCC4)nc(Nc4ccccc4N)nc3n2C2CCCCO2)CC1. The molecule has 3 fully saturated rings. The van der Waals surface area contributed by atoms with Gasteiger partial charge >= 0.3 is 0 Å². The van der Waals surface area contributed by atoms with Gasteiger partial charge in [0.25, 0.3) is 0 Å². The molecule has 1 unspecified atom stereocenters. The molecule has 1 aromatic carbocycles. The topological polar surface area (TPSA) is 110 Å². The number of para-hydroxylation sites is 2. The number of fused-ring (bicyclic) bond motifs is 1. The van der Waals surface area contributed by atoms with E-state index in [1.54, 1.807) is 0 Å². The van der Waals surface area contributed by atoms with Crippen molar-refractivity contribution in [3.05, 3.63) is 30.1 Å². The van der Waals surface area contributed by atoms with E-state index in [1.165, 1.54) is 0 Å². The first-order valence-corrected chi connectivity index (χ1v) is 14.7. The van der Waals surface area contributed by atoms with Crippen LogP contribution in [-0.2, 0) is 16.0 Å². The first kappa shape index (κ1) is 27.2. The quantitative estimate of drug-likeness (QED) is 0.443. The zero-order chi connectivity index (χ0) is 27.7.